The van der Waals surface area contributed by atoms with Gasteiger partial charge in [-0.25, -0.2) is 0 Å². The minimum absolute atomic E-state index is 0.0562. The number of carbonyl (C=O) groups excluding carboxylic acids is 2. The van der Waals surface area contributed by atoms with Gasteiger partial charge < -0.3 is 10.6 Å². The molecule has 0 radical (unpaired) electrons. The summed E-state index contributed by atoms with van der Waals surface area (Å²) in [6.07, 6.45) is -6.05. The third kappa shape index (κ3) is 4.64. The lowest BCUT2D eigenvalue weighted by atomic mass is 10.0. The van der Waals surface area contributed by atoms with Crippen molar-refractivity contribution in [1.82, 2.24) is 10.6 Å². The van der Waals surface area contributed by atoms with Gasteiger partial charge in [-0.1, -0.05) is 13.8 Å². The van der Waals surface area contributed by atoms with Crippen molar-refractivity contribution in [1.29, 1.82) is 0 Å². The molecule has 0 saturated carbocycles. The lowest BCUT2D eigenvalue weighted by Crippen LogP contribution is -2.56. The third-order valence-electron chi connectivity index (χ3n) is 2.22. The Bertz CT molecular complexity index is 341. The minimum Gasteiger partial charge on any atom is -0.357 e. The van der Waals surface area contributed by atoms with E-state index in [4.69, 9.17) is 0 Å². The van der Waals surface area contributed by atoms with E-state index in [1.54, 1.807) is 13.8 Å². The Balaban J connectivity index is 4.96. The second-order valence-electron chi connectivity index (χ2n) is 4.34. The molecule has 0 aliphatic heterocycles. The fraction of sp³-hybridized carbons (Fsp3) is 0.800. The van der Waals surface area contributed by atoms with E-state index >= 15 is 0 Å². The monoisotopic (exact) mass is 290 g/mol. The molecular weight excluding hydrogens is 275 g/mol. The second kappa shape index (κ2) is 6.16. The molecule has 0 aromatic heterocycles. The first kappa shape index (κ1) is 17.6. The lowest BCUT2D eigenvalue weighted by Gasteiger charge is -2.23. The van der Waals surface area contributed by atoms with Crippen LogP contribution in [-0.4, -0.2) is 37.0 Å². The smallest absolute Gasteiger partial charge is 0.357 e. The van der Waals surface area contributed by atoms with Crippen LogP contribution in [0.5, 0.6) is 0 Å². The Kier molecular flexibility index (Phi) is 5.70. The molecule has 0 rings (SSSR count). The van der Waals surface area contributed by atoms with Crippen molar-refractivity contribution >= 4 is 11.8 Å². The van der Waals surface area contributed by atoms with Gasteiger partial charge in [-0.05, 0) is 12.3 Å². The van der Waals surface area contributed by atoms with Crippen molar-refractivity contribution in [3.8, 4) is 0 Å². The number of hydrogen-bond acceptors (Lipinski definition) is 2. The standard InChI is InChI=1S/C10H15F5N2O2/c1-5(2)4-6(7(18)16-3)17-8(19)9(11,12)10(13,14)15/h5-6H,4H2,1-3H3,(H,16,18)(H,17,19). The molecule has 2 amide bonds. The van der Waals surface area contributed by atoms with Crippen molar-refractivity contribution < 1.29 is 31.5 Å². The first-order valence-corrected chi connectivity index (χ1v) is 5.40. The van der Waals surface area contributed by atoms with E-state index in [9.17, 15) is 31.5 Å². The van der Waals surface area contributed by atoms with Gasteiger partial charge in [0.1, 0.15) is 6.04 Å². The molecule has 0 fully saturated rings. The number of alkyl halides is 5. The van der Waals surface area contributed by atoms with Gasteiger partial charge in [0.25, 0.3) is 0 Å². The summed E-state index contributed by atoms with van der Waals surface area (Å²) in [6, 6.07) is -1.44. The molecule has 0 aromatic rings. The largest absolute Gasteiger partial charge is 0.463 e. The maximum atomic E-state index is 12.7. The first-order chi connectivity index (χ1) is 8.43. The average Bonchev–Trinajstić information content (AvgIpc) is 2.24. The summed E-state index contributed by atoms with van der Waals surface area (Å²) in [7, 11) is 1.18. The fourth-order valence-electron chi connectivity index (χ4n) is 1.25. The summed E-state index contributed by atoms with van der Waals surface area (Å²) >= 11 is 0. The zero-order valence-corrected chi connectivity index (χ0v) is 10.6. The number of amides is 2. The van der Waals surface area contributed by atoms with Crippen LogP contribution in [0.15, 0.2) is 0 Å². The van der Waals surface area contributed by atoms with E-state index in [1.807, 2.05) is 0 Å². The third-order valence-corrected chi connectivity index (χ3v) is 2.22. The highest BCUT2D eigenvalue weighted by molar-refractivity contribution is 5.90. The predicted octanol–water partition coefficient (Wildman–Crippen LogP) is 1.46. The Morgan fingerprint density at radius 2 is 1.58 bits per heavy atom. The van der Waals surface area contributed by atoms with Crippen LogP contribution in [0.2, 0.25) is 0 Å². The van der Waals surface area contributed by atoms with Crippen LogP contribution < -0.4 is 10.6 Å². The van der Waals surface area contributed by atoms with Gasteiger partial charge in [-0.3, -0.25) is 9.59 Å². The Hall–Kier alpha value is -1.41. The van der Waals surface area contributed by atoms with Crippen LogP contribution in [0.1, 0.15) is 20.3 Å². The van der Waals surface area contributed by atoms with Gasteiger partial charge in [-0.15, -0.1) is 0 Å². The number of nitrogens with one attached hydrogen (secondary N) is 2. The van der Waals surface area contributed by atoms with Crippen LogP contribution in [0.25, 0.3) is 0 Å². The van der Waals surface area contributed by atoms with Crippen molar-refractivity contribution in [2.75, 3.05) is 7.05 Å². The molecular formula is C10H15F5N2O2. The Morgan fingerprint density at radius 1 is 1.11 bits per heavy atom. The molecule has 1 atom stereocenters. The van der Waals surface area contributed by atoms with Crippen LogP contribution in [-0.2, 0) is 9.59 Å². The zero-order chi connectivity index (χ0) is 15.4. The highest BCUT2D eigenvalue weighted by Crippen LogP contribution is 2.35. The van der Waals surface area contributed by atoms with E-state index in [0.717, 1.165) is 0 Å². The normalized spacial score (nSPS) is 14.2. The summed E-state index contributed by atoms with van der Waals surface area (Å²) in [6.45, 7) is 3.26. The maximum Gasteiger partial charge on any atom is 0.463 e. The van der Waals surface area contributed by atoms with Crippen LogP contribution in [0, 0.1) is 5.92 Å². The number of carbonyl (C=O) groups is 2. The highest BCUT2D eigenvalue weighted by atomic mass is 19.4. The van der Waals surface area contributed by atoms with E-state index < -0.39 is 30.0 Å². The van der Waals surface area contributed by atoms with Crippen LogP contribution in [0.4, 0.5) is 22.0 Å². The summed E-state index contributed by atoms with van der Waals surface area (Å²) in [4.78, 5) is 22.3. The molecule has 0 aliphatic carbocycles. The van der Waals surface area contributed by atoms with Gasteiger partial charge in [0.05, 0.1) is 0 Å². The predicted molar refractivity (Wildman–Crippen MR) is 56.5 cm³/mol. The summed E-state index contributed by atoms with van der Waals surface area (Å²) in [5.74, 6) is -9.08. The average molecular weight is 290 g/mol. The molecule has 0 saturated heterocycles. The van der Waals surface area contributed by atoms with E-state index in [0.29, 0.717) is 0 Å². The number of hydrogen-bond donors (Lipinski definition) is 2. The molecule has 0 heterocycles. The van der Waals surface area contributed by atoms with Gasteiger partial charge in [-0.2, -0.15) is 22.0 Å². The molecule has 19 heavy (non-hydrogen) atoms. The molecule has 9 heteroatoms. The SMILES string of the molecule is CNC(=O)C(CC(C)C)NC(=O)C(F)(F)C(F)(F)F. The summed E-state index contributed by atoms with van der Waals surface area (Å²) in [5, 5.41) is 3.51. The maximum absolute atomic E-state index is 12.7. The topological polar surface area (TPSA) is 58.2 Å². The van der Waals surface area contributed by atoms with Crippen molar-refractivity contribution in [3.63, 3.8) is 0 Å². The van der Waals surface area contributed by atoms with E-state index in [2.05, 4.69) is 5.32 Å². The Labute approximate surface area is 106 Å². The van der Waals surface area contributed by atoms with Crippen LogP contribution in [0.3, 0.4) is 0 Å². The quantitative estimate of drug-likeness (QED) is 0.753. The summed E-state index contributed by atoms with van der Waals surface area (Å²) < 4.78 is 61.3. The molecule has 0 aromatic carbocycles. The number of likely N-dealkylation sites (N-methyl/N-ethyl adjacent to an activating group) is 1. The van der Waals surface area contributed by atoms with Crippen molar-refractivity contribution in [2.24, 2.45) is 5.92 Å². The molecule has 112 valence electrons. The second-order valence-corrected chi connectivity index (χ2v) is 4.34. The highest BCUT2D eigenvalue weighted by Gasteiger charge is 2.63. The molecule has 0 aliphatic rings. The molecule has 1 unspecified atom stereocenters. The minimum atomic E-state index is -6.00. The fourth-order valence-corrected chi connectivity index (χ4v) is 1.25. The molecule has 0 bridgehead atoms. The molecule has 2 N–H and O–H groups in total. The van der Waals surface area contributed by atoms with Gasteiger partial charge in [0.2, 0.25) is 5.91 Å². The summed E-state index contributed by atoms with van der Waals surface area (Å²) in [5.41, 5.74) is 0. The van der Waals surface area contributed by atoms with Crippen LogP contribution >= 0.6 is 0 Å². The molecule has 4 nitrogen and oxygen atoms in total. The number of halogens is 5. The van der Waals surface area contributed by atoms with Gasteiger partial charge in [0.15, 0.2) is 0 Å². The van der Waals surface area contributed by atoms with E-state index in [-0.39, 0.29) is 12.3 Å². The van der Waals surface area contributed by atoms with E-state index in [1.165, 1.54) is 12.4 Å². The lowest BCUT2D eigenvalue weighted by molar-refractivity contribution is -0.270. The molecule has 0 spiro atoms. The van der Waals surface area contributed by atoms with Crippen molar-refractivity contribution in [3.05, 3.63) is 0 Å². The van der Waals surface area contributed by atoms with Gasteiger partial charge >= 0.3 is 18.0 Å². The first-order valence-electron chi connectivity index (χ1n) is 5.40. The zero-order valence-electron chi connectivity index (χ0n) is 10.6. The van der Waals surface area contributed by atoms with Crippen molar-refractivity contribution in [2.45, 2.75) is 38.4 Å². The van der Waals surface area contributed by atoms with Gasteiger partial charge in [0, 0.05) is 7.05 Å². The number of rotatable bonds is 5. The Morgan fingerprint density at radius 3 is 1.89 bits per heavy atom.